The molecule has 3 heterocycles. The van der Waals surface area contributed by atoms with Gasteiger partial charge in [-0.25, -0.2) is 24.3 Å². The van der Waals surface area contributed by atoms with Crippen LogP contribution in [0.15, 0.2) is 49.2 Å². The molecule has 2 unspecified atom stereocenters. The molecule has 1 fully saturated rings. The second-order valence-electron chi connectivity index (χ2n) is 9.69. The standard InChI is InChI=1S/C28H30FN7O/c1-16(17(2)20-7-8-22(29)25-21(28(37)30-3)9-10-31-26(20)25)12-32-24-11-23(35-15-36-24)19-13-33-27(34-14-19)18-5-4-6-18/h7-11,13-18H,4-6,12H2,1-3H3,(H,30,37)(H,32,35,36). The monoisotopic (exact) mass is 499 g/mol. The lowest BCUT2D eigenvalue weighted by Gasteiger charge is -2.23. The van der Waals surface area contributed by atoms with Crippen LogP contribution in [0.4, 0.5) is 10.2 Å². The van der Waals surface area contributed by atoms with Crippen molar-refractivity contribution in [2.75, 3.05) is 18.9 Å². The summed E-state index contributed by atoms with van der Waals surface area (Å²) in [5, 5.41) is 6.22. The smallest absolute Gasteiger partial charge is 0.251 e. The molecule has 0 spiro atoms. The van der Waals surface area contributed by atoms with Crippen molar-refractivity contribution in [2.24, 2.45) is 5.92 Å². The van der Waals surface area contributed by atoms with Gasteiger partial charge in [0.05, 0.1) is 16.8 Å². The maximum absolute atomic E-state index is 14.8. The van der Waals surface area contributed by atoms with Crippen molar-refractivity contribution < 1.29 is 9.18 Å². The van der Waals surface area contributed by atoms with Gasteiger partial charge in [0.25, 0.3) is 5.91 Å². The normalized spacial score (nSPS) is 15.1. The number of carbonyl (C=O) groups is 1. The summed E-state index contributed by atoms with van der Waals surface area (Å²) >= 11 is 0. The summed E-state index contributed by atoms with van der Waals surface area (Å²) in [6.45, 7) is 4.83. The number of anilines is 1. The minimum atomic E-state index is -0.457. The number of benzene rings is 1. The Labute approximate surface area is 215 Å². The number of amides is 1. The van der Waals surface area contributed by atoms with Crippen molar-refractivity contribution in [1.29, 1.82) is 0 Å². The number of nitrogens with one attached hydrogen (secondary N) is 2. The number of pyridine rings is 1. The summed E-state index contributed by atoms with van der Waals surface area (Å²) in [4.78, 5) is 34.6. The maximum Gasteiger partial charge on any atom is 0.251 e. The van der Waals surface area contributed by atoms with E-state index in [4.69, 9.17) is 0 Å². The van der Waals surface area contributed by atoms with Gasteiger partial charge in [0.15, 0.2) is 0 Å². The third-order valence-electron chi connectivity index (χ3n) is 7.40. The summed E-state index contributed by atoms with van der Waals surface area (Å²) in [6.07, 6.45) is 10.3. The molecule has 37 heavy (non-hydrogen) atoms. The van der Waals surface area contributed by atoms with Crippen molar-refractivity contribution in [3.8, 4) is 11.3 Å². The fraction of sp³-hybridized carbons (Fsp3) is 0.357. The highest BCUT2D eigenvalue weighted by Crippen LogP contribution is 2.35. The Hall–Kier alpha value is -4.01. The molecule has 2 N–H and O–H groups in total. The molecule has 3 aromatic heterocycles. The summed E-state index contributed by atoms with van der Waals surface area (Å²) in [5.41, 5.74) is 3.29. The highest BCUT2D eigenvalue weighted by atomic mass is 19.1. The molecule has 4 aromatic rings. The predicted octanol–water partition coefficient (Wildman–Crippen LogP) is 5.10. The lowest BCUT2D eigenvalue weighted by atomic mass is 9.85. The lowest BCUT2D eigenvalue weighted by molar-refractivity contribution is 0.0964. The number of fused-ring (bicyclic) bond motifs is 1. The van der Waals surface area contributed by atoms with E-state index in [1.54, 1.807) is 18.3 Å². The van der Waals surface area contributed by atoms with Gasteiger partial charge in [-0.05, 0) is 42.4 Å². The quantitative estimate of drug-likeness (QED) is 0.347. The van der Waals surface area contributed by atoms with Gasteiger partial charge >= 0.3 is 0 Å². The van der Waals surface area contributed by atoms with Crippen LogP contribution in [0.25, 0.3) is 22.2 Å². The van der Waals surface area contributed by atoms with Gasteiger partial charge < -0.3 is 10.6 Å². The van der Waals surface area contributed by atoms with Crippen molar-refractivity contribution >= 4 is 22.6 Å². The molecule has 2 atom stereocenters. The summed E-state index contributed by atoms with van der Waals surface area (Å²) in [6, 6.07) is 6.61. The minimum absolute atomic E-state index is 0.0387. The topological polar surface area (TPSA) is 106 Å². The Bertz CT molecular complexity index is 1420. The van der Waals surface area contributed by atoms with E-state index in [0.717, 1.165) is 35.5 Å². The Morgan fingerprint density at radius 1 is 1.08 bits per heavy atom. The highest BCUT2D eigenvalue weighted by molar-refractivity contribution is 6.06. The van der Waals surface area contributed by atoms with Gasteiger partial charge in [-0.15, -0.1) is 0 Å². The van der Waals surface area contributed by atoms with E-state index in [-0.39, 0.29) is 28.7 Å². The largest absolute Gasteiger partial charge is 0.370 e. The molecule has 1 saturated carbocycles. The van der Waals surface area contributed by atoms with Crippen molar-refractivity contribution in [2.45, 2.75) is 44.9 Å². The van der Waals surface area contributed by atoms with Crippen molar-refractivity contribution in [3.05, 3.63) is 72.0 Å². The first kappa shape index (κ1) is 24.7. The van der Waals surface area contributed by atoms with Gasteiger partial charge in [-0.1, -0.05) is 26.3 Å². The van der Waals surface area contributed by atoms with E-state index < -0.39 is 5.82 Å². The van der Waals surface area contributed by atoms with Gasteiger partial charge in [0.2, 0.25) is 0 Å². The summed E-state index contributed by atoms with van der Waals surface area (Å²) in [7, 11) is 1.53. The van der Waals surface area contributed by atoms with E-state index in [0.29, 0.717) is 23.8 Å². The molecule has 0 saturated heterocycles. The molecule has 1 aliphatic carbocycles. The second kappa shape index (κ2) is 10.5. The van der Waals surface area contributed by atoms with Crippen molar-refractivity contribution in [1.82, 2.24) is 30.2 Å². The average Bonchev–Trinajstić information content (AvgIpc) is 2.90. The zero-order valence-corrected chi connectivity index (χ0v) is 21.2. The number of aromatic nitrogens is 5. The van der Waals surface area contributed by atoms with Crippen LogP contribution in [0, 0.1) is 11.7 Å². The number of halogens is 1. The molecule has 1 aliphatic rings. The minimum Gasteiger partial charge on any atom is -0.370 e. The van der Waals surface area contributed by atoms with Crippen LogP contribution in [0.2, 0.25) is 0 Å². The lowest BCUT2D eigenvalue weighted by Crippen LogP contribution is -2.20. The Morgan fingerprint density at radius 2 is 1.86 bits per heavy atom. The number of hydrogen-bond acceptors (Lipinski definition) is 7. The van der Waals surface area contributed by atoms with Crippen LogP contribution in [-0.2, 0) is 0 Å². The second-order valence-corrected chi connectivity index (χ2v) is 9.69. The molecule has 1 aromatic carbocycles. The van der Waals surface area contributed by atoms with E-state index in [1.807, 2.05) is 18.5 Å². The van der Waals surface area contributed by atoms with E-state index >= 15 is 0 Å². The van der Waals surface area contributed by atoms with Crippen LogP contribution >= 0.6 is 0 Å². The zero-order valence-electron chi connectivity index (χ0n) is 21.2. The molecule has 1 amide bonds. The maximum atomic E-state index is 14.8. The first-order valence-corrected chi connectivity index (χ1v) is 12.6. The van der Waals surface area contributed by atoms with Gasteiger partial charge in [0, 0.05) is 55.1 Å². The van der Waals surface area contributed by atoms with Crippen LogP contribution in [0.5, 0.6) is 0 Å². The van der Waals surface area contributed by atoms with Gasteiger partial charge in [-0.3, -0.25) is 9.78 Å². The molecule has 5 rings (SSSR count). The highest BCUT2D eigenvalue weighted by Gasteiger charge is 2.23. The fourth-order valence-electron chi connectivity index (χ4n) is 4.65. The SMILES string of the molecule is CNC(=O)c1ccnc2c(C(C)C(C)CNc3cc(-c4cnc(C5CCC5)nc4)ncn3)ccc(F)c12. The van der Waals surface area contributed by atoms with Crippen LogP contribution < -0.4 is 10.6 Å². The molecule has 8 nitrogen and oxygen atoms in total. The zero-order chi connectivity index (χ0) is 25.9. The predicted molar refractivity (Wildman–Crippen MR) is 141 cm³/mol. The van der Waals surface area contributed by atoms with Crippen LogP contribution in [0.1, 0.15) is 66.7 Å². The van der Waals surface area contributed by atoms with Gasteiger partial charge in [-0.2, -0.15) is 0 Å². The first-order valence-electron chi connectivity index (χ1n) is 12.6. The van der Waals surface area contributed by atoms with Crippen molar-refractivity contribution in [3.63, 3.8) is 0 Å². The number of nitrogens with zero attached hydrogens (tertiary/aromatic N) is 5. The summed E-state index contributed by atoms with van der Waals surface area (Å²) < 4.78 is 14.8. The first-order chi connectivity index (χ1) is 18.0. The van der Waals surface area contributed by atoms with Crippen LogP contribution in [-0.4, -0.2) is 44.4 Å². The van der Waals surface area contributed by atoms with E-state index in [1.165, 1.54) is 25.9 Å². The van der Waals surface area contributed by atoms with E-state index in [9.17, 15) is 9.18 Å². The third kappa shape index (κ3) is 4.98. The molecule has 9 heteroatoms. The molecule has 0 radical (unpaired) electrons. The molecular weight excluding hydrogens is 469 g/mol. The van der Waals surface area contributed by atoms with E-state index in [2.05, 4.69) is 49.4 Å². The number of hydrogen-bond donors (Lipinski definition) is 2. The molecule has 190 valence electrons. The van der Waals surface area contributed by atoms with Gasteiger partial charge in [0.1, 0.15) is 23.8 Å². The molecular formula is C28H30FN7O. The molecule has 0 bridgehead atoms. The fourth-order valence-corrected chi connectivity index (χ4v) is 4.65. The number of carbonyl (C=O) groups excluding carboxylic acids is 1. The Balaban J connectivity index is 1.31. The van der Waals surface area contributed by atoms with Crippen LogP contribution in [0.3, 0.4) is 0 Å². The Morgan fingerprint density at radius 3 is 2.57 bits per heavy atom. The summed E-state index contributed by atoms with van der Waals surface area (Å²) in [5.74, 6) is 1.50. The average molecular weight is 500 g/mol. The third-order valence-corrected chi connectivity index (χ3v) is 7.40. The molecule has 0 aliphatic heterocycles. The Kier molecular flexibility index (Phi) is 7.03. The number of rotatable bonds is 8.